The molecule has 0 saturated heterocycles. The zero-order valence-electron chi connectivity index (χ0n) is 22.8. The molecule has 0 amide bonds. The van der Waals surface area contributed by atoms with Gasteiger partial charge in [-0.1, -0.05) is 36.4 Å². The molecule has 0 aliphatic carbocycles. The van der Waals surface area contributed by atoms with E-state index in [1.807, 2.05) is 111 Å². The lowest BCUT2D eigenvalue weighted by Crippen LogP contribution is -1.91. The molecule has 6 rings (SSSR count). The van der Waals surface area contributed by atoms with E-state index in [1.165, 1.54) is 0 Å². The van der Waals surface area contributed by atoms with Crippen molar-refractivity contribution < 1.29 is 10.2 Å². The van der Waals surface area contributed by atoms with Gasteiger partial charge >= 0.3 is 0 Å². The number of phenols is 2. The SMILES string of the molecule is Cc1ccc(-c2cccc(-c3cccc(Br)n3)n2)c(O)c1.Cc1ccc(-c2cccc(-c3cccc(Br)n3)n2)c(O)c1. The van der Waals surface area contributed by atoms with Gasteiger partial charge in [0.2, 0.25) is 0 Å². The first-order valence-electron chi connectivity index (χ1n) is 13.1. The van der Waals surface area contributed by atoms with Crippen LogP contribution in [-0.2, 0) is 0 Å². The molecule has 0 saturated carbocycles. The lowest BCUT2D eigenvalue weighted by Gasteiger charge is -2.07. The van der Waals surface area contributed by atoms with Crippen molar-refractivity contribution in [3.63, 3.8) is 0 Å². The maximum atomic E-state index is 10.1. The zero-order chi connectivity index (χ0) is 29.6. The second kappa shape index (κ2) is 13.1. The summed E-state index contributed by atoms with van der Waals surface area (Å²) in [5, 5.41) is 20.2. The number of nitrogens with zero attached hydrogens (tertiary/aromatic N) is 4. The van der Waals surface area contributed by atoms with Crippen LogP contribution in [0.3, 0.4) is 0 Å². The van der Waals surface area contributed by atoms with Crippen LogP contribution in [0.15, 0.2) is 118 Å². The lowest BCUT2D eigenvalue weighted by atomic mass is 10.1. The van der Waals surface area contributed by atoms with Gasteiger partial charge in [-0.15, -0.1) is 0 Å². The molecule has 42 heavy (non-hydrogen) atoms. The van der Waals surface area contributed by atoms with Crippen LogP contribution in [0.5, 0.6) is 11.5 Å². The van der Waals surface area contributed by atoms with Crippen LogP contribution in [-0.4, -0.2) is 30.1 Å². The Morgan fingerprint density at radius 1 is 0.429 bits per heavy atom. The molecule has 208 valence electrons. The number of aromatic nitrogens is 4. The van der Waals surface area contributed by atoms with E-state index in [0.29, 0.717) is 0 Å². The largest absolute Gasteiger partial charge is 0.507 e. The van der Waals surface area contributed by atoms with E-state index in [9.17, 15) is 10.2 Å². The van der Waals surface area contributed by atoms with Crippen LogP contribution < -0.4 is 0 Å². The van der Waals surface area contributed by atoms with E-state index in [0.717, 1.165) is 65.6 Å². The molecule has 0 spiro atoms. The minimum atomic E-state index is 0.238. The molecule has 0 unspecified atom stereocenters. The first kappa shape index (κ1) is 29.1. The molecule has 4 aromatic heterocycles. The molecule has 8 heteroatoms. The van der Waals surface area contributed by atoms with Crippen molar-refractivity contribution >= 4 is 31.9 Å². The van der Waals surface area contributed by atoms with Crippen LogP contribution in [0.25, 0.3) is 45.3 Å². The first-order valence-corrected chi connectivity index (χ1v) is 14.7. The Balaban J connectivity index is 0.000000168. The zero-order valence-corrected chi connectivity index (χ0v) is 26.0. The number of aromatic hydroxyl groups is 2. The predicted octanol–water partition coefficient (Wildman–Crippen LogP) is 9.17. The summed E-state index contributed by atoms with van der Waals surface area (Å²) < 4.78 is 1.54. The summed E-state index contributed by atoms with van der Waals surface area (Å²) in [6.07, 6.45) is 0. The standard InChI is InChI=1S/2C17H13BrN2O/c2*1-11-8-9-12(16(21)10-11)13-4-2-5-14(19-13)15-6-3-7-17(18)20-15/h2*2-10,21H,1H3. The molecule has 6 aromatic rings. The van der Waals surface area contributed by atoms with Crippen LogP contribution in [0.1, 0.15) is 11.1 Å². The monoisotopic (exact) mass is 680 g/mol. The Bertz CT molecular complexity index is 1740. The molecule has 0 aliphatic rings. The summed E-state index contributed by atoms with van der Waals surface area (Å²) in [7, 11) is 0. The molecule has 0 radical (unpaired) electrons. The van der Waals surface area contributed by atoms with Gasteiger partial charge in [-0.3, -0.25) is 0 Å². The Hall–Kier alpha value is -4.40. The highest BCUT2D eigenvalue weighted by atomic mass is 79.9. The molecule has 0 atom stereocenters. The van der Waals surface area contributed by atoms with Gasteiger partial charge in [-0.05, 0) is 130 Å². The van der Waals surface area contributed by atoms with E-state index in [2.05, 4.69) is 51.8 Å². The topological polar surface area (TPSA) is 92.0 Å². The van der Waals surface area contributed by atoms with Gasteiger partial charge in [0.25, 0.3) is 0 Å². The Morgan fingerprint density at radius 2 is 0.762 bits per heavy atom. The minimum absolute atomic E-state index is 0.238. The molecule has 0 aliphatic heterocycles. The molecule has 4 heterocycles. The molecule has 2 aromatic carbocycles. The fourth-order valence-electron chi connectivity index (χ4n) is 4.27. The summed E-state index contributed by atoms with van der Waals surface area (Å²) in [5.41, 5.74) is 8.05. The Morgan fingerprint density at radius 3 is 1.12 bits per heavy atom. The Labute approximate surface area is 261 Å². The van der Waals surface area contributed by atoms with Crippen LogP contribution in [0.2, 0.25) is 0 Å². The molecule has 6 nitrogen and oxygen atoms in total. The van der Waals surface area contributed by atoms with Gasteiger partial charge in [-0.2, -0.15) is 0 Å². The van der Waals surface area contributed by atoms with E-state index in [1.54, 1.807) is 12.1 Å². The van der Waals surface area contributed by atoms with Crippen molar-refractivity contribution in [3.05, 3.63) is 130 Å². The van der Waals surface area contributed by atoms with Crippen molar-refractivity contribution in [2.24, 2.45) is 0 Å². The fraction of sp³-hybridized carbons (Fsp3) is 0.0588. The lowest BCUT2D eigenvalue weighted by molar-refractivity contribution is 0.476. The van der Waals surface area contributed by atoms with Crippen LogP contribution in [0.4, 0.5) is 0 Å². The number of rotatable bonds is 4. The van der Waals surface area contributed by atoms with Crippen molar-refractivity contribution in [2.75, 3.05) is 0 Å². The number of halogens is 2. The van der Waals surface area contributed by atoms with Gasteiger partial charge in [-0.25, -0.2) is 19.9 Å². The number of hydrogen-bond donors (Lipinski definition) is 2. The maximum Gasteiger partial charge on any atom is 0.125 e. The summed E-state index contributed by atoms with van der Waals surface area (Å²) in [4.78, 5) is 18.0. The van der Waals surface area contributed by atoms with E-state index in [-0.39, 0.29) is 11.5 Å². The highest BCUT2D eigenvalue weighted by Gasteiger charge is 2.10. The first-order chi connectivity index (χ1) is 20.3. The predicted molar refractivity (Wildman–Crippen MR) is 174 cm³/mol. The highest BCUT2D eigenvalue weighted by Crippen LogP contribution is 2.31. The molecule has 2 N–H and O–H groups in total. The van der Waals surface area contributed by atoms with E-state index in [4.69, 9.17) is 0 Å². The summed E-state index contributed by atoms with van der Waals surface area (Å²) in [5.74, 6) is 0.476. The van der Waals surface area contributed by atoms with Crippen molar-refractivity contribution in [1.82, 2.24) is 19.9 Å². The minimum Gasteiger partial charge on any atom is -0.507 e. The number of hydrogen-bond acceptors (Lipinski definition) is 6. The van der Waals surface area contributed by atoms with Crippen molar-refractivity contribution in [3.8, 4) is 56.8 Å². The van der Waals surface area contributed by atoms with E-state index < -0.39 is 0 Å². The highest BCUT2D eigenvalue weighted by molar-refractivity contribution is 9.10. The van der Waals surface area contributed by atoms with Crippen molar-refractivity contribution in [1.29, 1.82) is 0 Å². The molecule has 0 fully saturated rings. The third-order valence-corrected chi connectivity index (χ3v) is 7.19. The quantitative estimate of drug-likeness (QED) is 0.180. The molecular weight excluding hydrogens is 656 g/mol. The summed E-state index contributed by atoms with van der Waals surface area (Å²) >= 11 is 6.73. The number of benzene rings is 2. The summed E-state index contributed by atoms with van der Waals surface area (Å²) in [6, 6.07) is 34.0. The van der Waals surface area contributed by atoms with Gasteiger partial charge in [0.15, 0.2) is 0 Å². The van der Waals surface area contributed by atoms with Gasteiger partial charge in [0.05, 0.1) is 34.2 Å². The fourth-order valence-corrected chi connectivity index (χ4v) is 4.96. The maximum absolute atomic E-state index is 10.1. The number of aryl methyl sites for hydroxylation is 2. The number of phenolic OH excluding ortho intramolecular Hbond substituents is 2. The summed E-state index contributed by atoms with van der Waals surface area (Å²) in [6.45, 7) is 3.89. The van der Waals surface area contributed by atoms with Gasteiger partial charge in [0, 0.05) is 11.1 Å². The second-order valence-electron chi connectivity index (χ2n) is 9.55. The third-order valence-electron chi connectivity index (χ3n) is 6.31. The molecule has 0 bridgehead atoms. The van der Waals surface area contributed by atoms with E-state index >= 15 is 0 Å². The Kier molecular flexibility index (Phi) is 9.05. The van der Waals surface area contributed by atoms with Crippen LogP contribution in [0, 0.1) is 13.8 Å². The number of pyridine rings is 4. The smallest absolute Gasteiger partial charge is 0.125 e. The van der Waals surface area contributed by atoms with Gasteiger partial charge < -0.3 is 10.2 Å². The molecular formula is C34H26Br2N4O2. The van der Waals surface area contributed by atoms with Gasteiger partial charge in [0.1, 0.15) is 20.7 Å². The van der Waals surface area contributed by atoms with Crippen molar-refractivity contribution in [2.45, 2.75) is 13.8 Å². The average Bonchev–Trinajstić information content (AvgIpc) is 2.98. The third kappa shape index (κ3) is 7.08. The van der Waals surface area contributed by atoms with Crippen LogP contribution >= 0.6 is 31.9 Å². The average molecular weight is 682 g/mol. The second-order valence-corrected chi connectivity index (χ2v) is 11.2. The normalized spacial score (nSPS) is 10.6.